The third kappa shape index (κ3) is 5.68. The number of hydrogen-bond acceptors (Lipinski definition) is 1. The summed E-state index contributed by atoms with van der Waals surface area (Å²) in [5, 5.41) is 0. The van der Waals surface area contributed by atoms with Gasteiger partial charge in [0.15, 0.2) is 0 Å². The Hall–Kier alpha value is -0.820. The molecule has 0 saturated heterocycles. The molecule has 1 rings (SSSR count). The number of benzene rings is 1. The summed E-state index contributed by atoms with van der Waals surface area (Å²) < 4.78 is 0. The normalized spacial score (nSPS) is 12.7. The molecular weight excluding hydrogens is 218 g/mol. The highest BCUT2D eigenvalue weighted by Crippen LogP contribution is 2.31. The molecule has 0 saturated carbocycles. The first kappa shape index (κ1) is 15.2. The molecular formula is C17H29N. The predicted octanol–water partition coefficient (Wildman–Crippen LogP) is 4.41. The highest BCUT2D eigenvalue weighted by molar-refractivity contribution is 5.16. The number of nitrogens with two attached hydrogens (primary N) is 1. The van der Waals surface area contributed by atoms with Crippen LogP contribution in [0.4, 0.5) is 0 Å². The van der Waals surface area contributed by atoms with Gasteiger partial charge in [0.05, 0.1) is 0 Å². The second-order valence-electron chi connectivity index (χ2n) is 7.05. The molecule has 0 radical (unpaired) electrons. The average molecular weight is 247 g/mol. The highest BCUT2D eigenvalue weighted by Gasteiger charge is 2.21. The van der Waals surface area contributed by atoms with Gasteiger partial charge in [0, 0.05) is 0 Å². The second-order valence-corrected chi connectivity index (χ2v) is 7.05. The van der Waals surface area contributed by atoms with Gasteiger partial charge in [-0.2, -0.15) is 0 Å². The van der Waals surface area contributed by atoms with E-state index in [0.717, 1.165) is 13.0 Å². The van der Waals surface area contributed by atoms with Crippen LogP contribution in [0.1, 0.15) is 52.5 Å². The first-order valence-corrected chi connectivity index (χ1v) is 7.09. The molecule has 1 aromatic rings. The summed E-state index contributed by atoms with van der Waals surface area (Å²) >= 11 is 0. The Morgan fingerprint density at radius 3 is 2.00 bits per heavy atom. The molecule has 18 heavy (non-hydrogen) atoms. The molecule has 0 bridgehead atoms. The quantitative estimate of drug-likeness (QED) is 0.759. The van der Waals surface area contributed by atoms with E-state index in [1.54, 1.807) is 0 Å². The fourth-order valence-corrected chi connectivity index (χ4v) is 2.38. The van der Waals surface area contributed by atoms with Crippen molar-refractivity contribution in [2.45, 2.75) is 53.4 Å². The van der Waals surface area contributed by atoms with Crippen LogP contribution in [0.3, 0.4) is 0 Å². The minimum Gasteiger partial charge on any atom is -0.330 e. The molecule has 0 aromatic heterocycles. The SMILES string of the molecule is CC(C)(CN)CCCC(C)(C)Cc1ccccc1. The molecule has 0 atom stereocenters. The van der Waals surface area contributed by atoms with Crippen molar-refractivity contribution in [1.82, 2.24) is 0 Å². The lowest BCUT2D eigenvalue weighted by Gasteiger charge is -2.28. The summed E-state index contributed by atoms with van der Waals surface area (Å²) in [4.78, 5) is 0. The van der Waals surface area contributed by atoms with E-state index in [4.69, 9.17) is 5.73 Å². The zero-order valence-corrected chi connectivity index (χ0v) is 12.5. The first-order chi connectivity index (χ1) is 8.35. The van der Waals surface area contributed by atoms with Gasteiger partial charge in [-0.25, -0.2) is 0 Å². The van der Waals surface area contributed by atoms with E-state index in [1.807, 2.05) is 0 Å². The molecule has 1 heteroatoms. The molecule has 0 aliphatic carbocycles. The van der Waals surface area contributed by atoms with E-state index in [0.29, 0.717) is 10.8 Å². The highest BCUT2D eigenvalue weighted by atomic mass is 14.6. The molecule has 0 fully saturated rings. The topological polar surface area (TPSA) is 26.0 Å². The van der Waals surface area contributed by atoms with E-state index >= 15 is 0 Å². The summed E-state index contributed by atoms with van der Waals surface area (Å²) in [6.07, 6.45) is 4.92. The Bertz CT molecular complexity index is 338. The third-order valence-corrected chi connectivity index (χ3v) is 3.79. The number of hydrogen-bond donors (Lipinski definition) is 1. The van der Waals surface area contributed by atoms with Crippen molar-refractivity contribution >= 4 is 0 Å². The minimum atomic E-state index is 0.294. The predicted molar refractivity (Wildman–Crippen MR) is 80.6 cm³/mol. The van der Waals surface area contributed by atoms with Gasteiger partial charge in [0.25, 0.3) is 0 Å². The van der Waals surface area contributed by atoms with E-state index in [1.165, 1.54) is 24.8 Å². The van der Waals surface area contributed by atoms with Crippen molar-refractivity contribution in [3.05, 3.63) is 35.9 Å². The van der Waals surface area contributed by atoms with Gasteiger partial charge < -0.3 is 5.73 Å². The first-order valence-electron chi connectivity index (χ1n) is 7.09. The van der Waals surface area contributed by atoms with Crippen LogP contribution in [0, 0.1) is 10.8 Å². The van der Waals surface area contributed by atoms with Crippen molar-refractivity contribution in [1.29, 1.82) is 0 Å². The van der Waals surface area contributed by atoms with Crippen LogP contribution in [0.2, 0.25) is 0 Å². The monoisotopic (exact) mass is 247 g/mol. The van der Waals surface area contributed by atoms with Gasteiger partial charge >= 0.3 is 0 Å². The van der Waals surface area contributed by atoms with Crippen LogP contribution >= 0.6 is 0 Å². The van der Waals surface area contributed by atoms with E-state index in [-0.39, 0.29) is 0 Å². The molecule has 1 nitrogen and oxygen atoms in total. The maximum Gasteiger partial charge on any atom is -0.00258 e. The van der Waals surface area contributed by atoms with Gasteiger partial charge in [0.1, 0.15) is 0 Å². The van der Waals surface area contributed by atoms with Crippen LogP contribution in [0.15, 0.2) is 30.3 Å². The molecule has 0 amide bonds. The van der Waals surface area contributed by atoms with Gasteiger partial charge in [0.2, 0.25) is 0 Å². The van der Waals surface area contributed by atoms with Crippen molar-refractivity contribution < 1.29 is 0 Å². The van der Waals surface area contributed by atoms with Crippen molar-refractivity contribution in [3.8, 4) is 0 Å². The molecule has 0 unspecified atom stereocenters. The lowest BCUT2D eigenvalue weighted by molar-refractivity contribution is 0.270. The van der Waals surface area contributed by atoms with Gasteiger partial charge in [-0.15, -0.1) is 0 Å². The van der Waals surface area contributed by atoms with Crippen LogP contribution in [0.25, 0.3) is 0 Å². The maximum atomic E-state index is 5.78. The Morgan fingerprint density at radius 1 is 0.889 bits per heavy atom. The van der Waals surface area contributed by atoms with Crippen molar-refractivity contribution in [2.24, 2.45) is 16.6 Å². The summed E-state index contributed by atoms with van der Waals surface area (Å²) in [5.74, 6) is 0. The zero-order chi connectivity index (χ0) is 13.6. The van der Waals surface area contributed by atoms with Crippen LogP contribution in [-0.4, -0.2) is 6.54 Å². The smallest absolute Gasteiger partial charge is 0.00258 e. The average Bonchev–Trinajstić information content (AvgIpc) is 2.29. The molecule has 102 valence electrons. The van der Waals surface area contributed by atoms with E-state index < -0.39 is 0 Å². The maximum absolute atomic E-state index is 5.78. The molecule has 0 heterocycles. The number of rotatable bonds is 7. The Kier molecular flexibility index (Phi) is 5.40. The van der Waals surface area contributed by atoms with Crippen molar-refractivity contribution in [3.63, 3.8) is 0 Å². The molecule has 2 N–H and O–H groups in total. The van der Waals surface area contributed by atoms with Gasteiger partial charge in [-0.05, 0) is 42.2 Å². The standard InChI is InChI=1S/C17H29N/c1-16(2,11-8-12-17(3,4)14-18)13-15-9-6-5-7-10-15/h5-7,9-10H,8,11-14,18H2,1-4H3. The molecule has 0 aliphatic rings. The fraction of sp³-hybridized carbons (Fsp3) is 0.647. The largest absolute Gasteiger partial charge is 0.330 e. The summed E-state index contributed by atoms with van der Waals surface area (Å²) in [6, 6.07) is 10.8. The molecule has 0 spiro atoms. The summed E-state index contributed by atoms with van der Waals surface area (Å²) in [5.41, 5.74) is 7.90. The zero-order valence-electron chi connectivity index (χ0n) is 12.5. The Balaban J connectivity index is 2.41. The fourth-order valence-electron chi connectivity index (χ4n) is 2.38. The minimum absolute atomic E-state index is 0.294. The van der Waals surface area contributed by atoms with Gasteiger partial charge in [-0.1, -0.05) is 64.4 Å². The Labute approximate surface area is 113 Å². The van der Waals surface area contributed by atoms with E-state index in [2.05, 4.69) is 58.0 Å². The Morgan fingerprint density at radius 2 is 1.44 bits per heavy atom. The third-order valence-electron chi connectivity index (χ3n) is 3.79. The lowest BCUT2D eigenvalue weighted by atomic mass is 9.78. The molecule has 0 aliphatic heterocycles. The lowest BCUT2D eigenvalue weighted by Crippen LogP contribution is -2.24. The van der Waals surface area contributed by atoms with Crippen LogP contribution < -0.4 is 5.73 Å². The van der Waals surface area contributed by atoms with Crippen LogP contribution in [-0.2, 0) is 6.42 Å². The van der Waals surface area contributed by atoms with Crippen LogP contribution in [0.5, 0.6) is 0 Å². The second kappa shape index (κ2) is 6.38. The van der Waals surface area contributed by atoms with E-state index in [9.17, 15) is 0 Å². The summed E-state index contributed by atoms with van der Waals surface area (Å²) in [7, 11) is 0. The summed E-state index contributed by atoms with van der Waals surface area (Å²) in [6.45, 7) is 10.0. The molecule has 1 aromatic carbocycles. The van der Waals surface area contributed by atoms with Crippen molar-refractivity contribution in [2.75, 3.05) is 6.54 Å². The van der Waals surface area contributed by atoms with Gasteiger partial charge in [-0.3, -0.25) is 0 Å².